The van der Waals surface area contributed by atoms with Gasteiger partial charge in [0.2, 0.25) is 0 Å². The lowest BCUT2D eigenvalue weighted by molar-refractivity contribution is 0.267. The van der Waals surface area contributed by atoms with Crippen LogP contribution >= 0.6 is 11.6 Å². The van der Waals surface area contributed by atoms with Crippen LogP contribution in [-0.4, -0.2) is 12.1 Å². The Kier molecular flexibility index (Phi) is 5.72. The van der Waals surface area contributed by atoms with Crippen LogP contribution in [0, 0.1) is 5.92 Å². The number of benzene rings is 1. The molecule has 0 radical (unpaired) electrons. The Bertz CT molecular complexity index is 367. The van der Waals surface area contributed by atoms with Gasteiger partial charge in [-0.2, -0.15) is 0 Å². The molecule has 0 amide bonds. The van der Waals surface area contributed by atoms with Crippen molar-refractivity contribution < 1.29 is 0 Å². The Balaban J connectivity index is 1.79. The quantitative estimate of drug-likeness (QED) is 0.814. The SMILES string of the molecule is CC(Cc1ccc(Cl)cc1)N[C@H](C)C1CCCCC1. The van der Waals surface area contributed by atoms with Gasteiger partial charge < -0.3 is 5.32 Å². The Morgan fingerprint density at radius 2 is 1.74 bits per heavy atom. The number of rotatable bonds is 5. The standard InChI is InChI=1S/C17H26ClN/c1-13(12-15-8-10-17(18)11-9-15)19-14(2)16-6-4-3-5-7-16/h8-11,13-14,16,19H,3-7,12H2,1-2H3/t13?,14-/m1/s1. The lowest BCUT2D eigenvalue weighted by atomic mass is 9.84. The normalized spacial score (nSPS) is 20.2. The molecule has 1 aliphatic rings. The smallest absolute Gasteiger partial charge is 0.0406 e. The number of nitrogens with one attached hydrogen (secondary N) is 1. The molecule has 0 spiro atoms. The van der Waals surface area contributed by atoms with Crippen molar-refractivity contribution in [1.82, 2.24) is 5.32 Å². The topological polar surface area (TPSA) is 12.0 Å². The van der Waals surface area contributed by atoms with Gasteiger partial charge in [-0.1, -0.05) is 43.0 Å². The summed E-state index contributed by atoms with van der Waals surface area (Å²) in [6, 6.07) is 9.39. The van der Waals surface area contributed by atoms with Crippen LogP contribution in [0.4, 0.5) is 0 Å². The average molecular weight is 280 g/mol. The van der Waals surface area contributed by atoms with Gasteiger partial charge in [0, 0.05) is 17.1 Å². The van der Waals surface area contributed by atoms with E-state index < -0.39 is 0 Å². The summed E-state index contributed by atoms with van der Waals surface area (Å²) in [5, 5.41) is 4.60. The van der Waals surface area contributed by atoms with Crippen molar-refractivity contribution in [2.45, 2.75) is 64.5 Å². The van der Waals surface area contributed by atoms with E-state index in [0.717, 1.165) is 17.4 Å². The molecular formula is C17H26ClN. The van der Waals surface area contributed by atoms with E-state index in [2.05, 4.69) is 31.3 Å². The zero-order chi connectivity index (χ0) is 13.7. The van der Waals surface area contributed by atoms with E-state index in [9.17, 15) is 0 Å². The monoisotopic (exact) mass is 279 g/mol. The molecule has 2 rings (SSSR count). The molecule has 1 aromatic carbocycles. The Morgan fingerprint density at radius 1 is 1.11 bits per heavy atom. The Hall–Kier alpha value is -0.530. The first-order chi connectivity index (χ1) is 9.15. The summed E-state index contributed by atoms with van der Waals surface area (Å²) in [6.45, 7) is 4.64. The van der Waals surface area contributed by atoms with E-state index in [4.69, 9.17) is 11.6 Å². The molecule has 1 unspecified atom stereocenters. The minimum absolute atomic E-state index is 0.526. The lowest BCUT2D eigenvalue weighted by Gasteiger charge is -2.30. The van der Waals surface area contributed by atoms with E-state index in [1.54, 1.807) is 0 Å². The average Bonchev–Trinajstić information content (AvgIpc) is 2.42. The molecule has 1 saturated carbocycles. The summed E-state index contributed by atoms with van der Waals surface area (Å²) in [4.78, 5) is 0. The molecule has 1 nitrogen and oxygen atoms in total. The van der Waals surface area contributed by atoms with Crippen molar-refractivity contribution in [3.8, 4) is 0 Å². The van der Waals surface area contributed by atoms with Gasteiger partial charge >= 0.3 is 0 Å². The van der Waals surface area contributed by atoms with Crippen molar-refractivity contribution in [3.05, 3.63) is 34.9 Å². The van der Waals surface area contributed by atoms with Crippen molar-refractivity contribution in [1.29, 1.82) is 0 Å². The van der Waals surface area contributed by atoms with E-state index in [1.165, 1.54) is 37.7 Å². The summed E-state index contributed by atoms with van der Waals surface area (Å²) in [5.41, 5.74) is 1.36. The van der Waals surface area contributed by atoms with Crippen LogP contribution in [0.3, 0.4) is 0 Å². The third-order valence-corrected chi connectivity index (χ3v) is 4.61. The summed E-state index contributed by atoms with van der Waals surface area (Å²) in [5.74, 6) is 0.876. The van der Waals surface area contributed by atoms with Crippen LogP contribution in [0.15, 0.2) is 24.3 Å². The zero-order valence-electron chi connectivity index (χ0n) is 12.2. The van der Waals surface area contributed by atoms with Crippen molar-refractivity contribution in [2.75, 3.05) is 0 Å². The third-order valence-electron chi connectivity index (χ3n) is 4.36. The minimum Gasteiger partial charge on any atom is -0.311 e. The van der Waals surface area contributed by atoms with Gasteiger partial charge in [0.15, 0.2) is 0 Å². The largest absolute Gasteiger partial charge is 0.311 e. The maximum atomic E-state index is 5.92. The molecule has 19 heavy (non-hydrogen) atoms. The molecule has 1 fully saturated rings. The predicted molar refractivity (Wildman–Crippen MR) is 83.8 cm³/mol. The molecule has 0 aliphatic heterocycles. The number of halogens is 1. The van der Waals surface area contributed by atoms with Crippen LogP contribution in [-0.2, 0) is 6.42 Å². The van der Waals surface area contributed by atoms with Crippen molar-refractivity contribution >= 4 is 11.6 Å². The minimum atomic E-state index is 0.526. The van der Waals surface area contributed by atoms with Gasteiger partial charge in [-0.25, -0.2) is 0 Å². The fraction of sp³-hybridized carbons (Fsp3) is 0.647. The molecule has 0 aromatic heterocycles. The highest BCUT2D eigenvalue weighted by molar-refractivity contribution is 6.30. The molecule has 1 aliphatic carbocycles. The fourth-order valence-corrected chi connectivity index (χ4v) is 3.38. The van der Waals surface area contributed by atoms with Crippen molar-refractivity contribution in [3.63, 3.8) is 0 Å². The maximum Gasteiger partial charge on any atom is 0.0406 e. The van der Waals surface area contributed by atoms with Crippen LogP contribution in [0.1, 0.15) is 51.5 Å². The predicted octanol–water partition coefficient (Wildman–Crippen LogP) is 4.83. The van der Waals surface area contributed by atoms with Gasteiger partial charge in [0.25, 0.3) is 0 Å². The van der Waals surface area contributed by atoms with E-state index in [0.29, 0.717) is 12.1 Å². The summed E-state index contributed by atoms with van der Waals surface area (Å²) in [7, 11) is 0. The molecule has 0 saturated heterocycles. The Morgan fingerprint density at radius 3 is 2.37 bits per heavy atom. The lowest BCUT2D eigenvalue weighted by Crippen LogP contribution is -2.41. The summed E-state index contributed by atoms with van der Waals surface area (Å²) >= 11 is 5.92. The van der Waals surface area contributed by atoms with Gasteiger partial charge in [-0.3, -0.25) is 0 Å². The number of hydrogen-bond donors (Lipinski definition) is 1. The molecular weight excluding hydrogens is 254 g/mol. The second-order valence-electron chi connectivity index (χ2n) is 6.09. The van der Waals surface area contributed by atoms with Crippen molar-refractivity contribution in [2.24, 2.45) is 5.92 Å². The Labute approximate surface area is 122 Å². The second kappa shape index (κ2) is 7.31. The molecule has 1 aromatic rings. The second-order valence-corrected chi connectivity index (χ2v) is 6.52. The van der Waals surface area contributed by atoms with Gasteiger partial charge in [-0.05, 0) is 56.7 Å². The third kappa shape index (κ3) is 4.81. The number of hydrogen-bond acceptors (Lipinski definition) is 1. The van der Waals surface area contributed by atoms with Crippen LogP contribution in [0.2, 0.25) is 5.02 Å². The summed E-state index contributed by atoms with van der Waals surface area (Å²) < 4.78 is 0. The first-order valence-electron chi connectivity index (χ1n) is 7.65. The van der Waals surface area contributed by atoms with E-state index >= 15 is 0 Å². The highest BCUT2D eigenvalue weighted by Crippen LogP contribution is 2.26. The zero-order valence-corrected chi connectivity index (χ0v) is 12.9. The molecule has 2 heteroatoms. The van der Waals surface area contributed by atoms with Gasteiger partial charge in [0.05, 0.1) is 0 Å². The van der Waals surface area contributed by atoms with Gasteiger partial charge in [0.1, 0.15) is 0 Å². The first kappa shape index (κ1) is 14.9. The van der Waals surface area contributed by atoms with E-state index in [1.807, 2.05) is 12.1 Å². The maximum absolute atomic E-state index is 5.92. The van der Waals surface area contributed by atoms with Gasteiger partial charge in [-0.15, -0.1) is 0 Å². The van der Waals surface area contributed by atoms with Crippen LogP contribution in [0.5, 0.6) is 0 Å². The first-order valence-corrected chi connectivity index (χ1v) is 8.03. The molecule has 0 bridgehead atoms. The van der Waals surface area contributed by atoms with E-state index in [-0.39, 0.29) is 0 Å². The van der Waals surface area contributed by atoms with Crippen LogP contribution in [0.25, 0.3) is 0 Å². The molecule has 0 heterocycles. The summed E-state index contributed by atoms with van der Waals surface area (Å²) in [6.07, 6.45) is 8.16. The molecule has 2 atom stereocenters. The highest BCUT2D eigenvalue weighted by Gasteiger charge is 2.20. The van der Waals surface area contributed by atoms with Crippen LogP contribution < -0.4 is 5.32 Å². The molecule has 1 N–H and O–H groups in total. The highest BCUT2D eigenvalue weighted by atomic mass is 35.5. The fourth-order valence-electron chi connectivity index (χ4n) is 3.25. The molecule has 106 valence electrons.